The van der Waals surface area contributed by atoms with Crippen LogP contribution in [0.25, 0.3) is 0 Å². The number of benzene rings is 1. The van der Waals surface area contributed by atoms with E-state index in [1.807, 2.05) is 13.8 Å². The van der Waals surface area contributed by atoms with E-state index in [1.54, 1.807) is 52.1 Å². The van der Waals surface area contributed by atoms with Crippen LogP contribution in [0.2, 0.25) is 0 Å². The zero-order valence-electron chi connectivity index (χ0n) is 18.9. The number of hydrogen-bond acceptors (Lipinski definition) is 8. The summed E-state index contributed by atoms with van der Waals surface area (Å²) in [7, 11) is -3.92. The summed E-state index contributed by atoms with van der Waals surface area (Å²) in [5.41, 5.74) is 0.482. The van der Waals surface area contributed by atoms with Gasteiger partial charge in [-0.1, -0.05) is 18.2 Å². The summed E-state index contributed by atoms with van der Waals surface area (Å²) >= 11 is 1.39. The Hall–Kier alpha value is -3.18. The Kier molecular flexibility index (Phi) is 7.32. The molecule has 0 unspecified atom stereocenters. The molecule has 4 rings (SSSR count). The molecular formula is C23H26N4O5S2. The number of ether oxygens (including phenoxy) is 2. The Labute approximate surface area is 203 Å². The van der Waals surface area contributed by atoms with Crippen LogP contribution < -0.4 is 9.04 Å². The number of anilines is 2. The van der Waals surface area contributed by atoms with Crippen molar-refractivity contribution in [2.45, 2.75) is 43.8 Å². The molecule has 0 N–H and O–H groups in total. The van der Waals surface area contributed by atoms with Crippen molar-refractivity contribution in [1.82, 2.24) is 14.9 Å². The summed E-state index contributed by atoms with van der Waals surface area (Å²) in [6, 6.07) is 11.5. The Balaban J connectivity index is 1.52. The average molecular weight is 503 g/mol. The summed E-state index contributed by atoms with van der Waals surface area (Å²) in [6.45, 7) is 4.66. The highest BCUT2D eigenvalue weighted by atomic mass is 32.2. The first kappa shape index (κ1) is 24.0. The second-order valence-electron chi connectivity index (χ2n) is 8.02. The smallest absolute Gasteiger partial charge is 0.410 e. The van der Waals surface area contributed by atoms with Crippen molar-refractivity contribution >= 4 is 39.0 Å². The number of rotatable bonds is 7. The standard InChI is InChI=1S/C23H26N4O5S2/c1-17(2)31-23(28)26-11-8-19(9-12-26)32-22-14-21(24-16-25-22)27(18-10-13-33-15-18)34(29,30)20-6-4-3-5-7-20/h3-7,10,13-17,19H,8-9,11-12H2,1-2H3. The number of sulfonamides is 1. The van der Waals surface area contributed by atoms with E-state index < -0.39 is 10.0 Å². The number of piperidine rings is 1. The lowest BCUT2D eigenvalue weighted by molar-refractivity contribution is 0.0507. The van der Waals surface area contributed by atoms with Crippen LogP contribution >= 0.6 is 11.3 Å². The minimum absolute atomic E-state index is 0.155. The third kappa shape index (κ3) is 5.48. The van der Waals surface area contributed by atoms with E-state index in [-0.39, 0.29) is 34.9 Å². The van der Waals surface area contributed by atoms with Crippen molar-refractivity contribution < 1.29 is 22.7 Å². The van der Waals surface area contributed by atoms with Gasteiger partial charge in [0.15, 0.2) is 5.82 Å². The van der Waals surface area contributed by atoms with Gasteiger partial charge >= 0.3 is 6.09 Å². The fourth-order valence-electron chi connectivity index (χ4n) is 3.57. The maximum Gasteiger partial charge on any atom is 0.410 e. The van der Waals surface area contributed by atoms with E-state index in [0.717, 1.165) is 0 Å². The zero-order chi connectivity index (χ0) is 24.1. The molecule has 11 heteroatoms. The summed E-state index contributed by atoms with van der Waals surface area (Å²) in [5, 5.41) is 3.55. The van der Waals surface area contributed by atoms with Crippen LogP contribution in [0, 0.1) is 0 Å². The molecule has 0 saturated carbocycles. The van der Waals surface area contributed by atoms with Gasteiger partial charge in [-0.25, -0.2) is 27.5 Å². The predicted molar refractivity (Wildman–Crippen MR) is 129 cm³/mol. The van der Waals surface area contributed by atoms with Gasteiger partial charge in [-0.15, -0.1) is 0 Å². The topological polar surface area (TPSA) is 102 Å². The fraction of sp³-hybridized carbons (Fsp3) is 0.348. The number of hydrogen-bond donors (Lipinski definition) is 0. The molecule has 0 atom stereocenters. The molecule has 3 aromatic rings. The van der Waals surface area contributed by atoms with Crippen LogP contribution in [0.3, 0.4) is 0 Å². The summed E-state index contributed by atoms with van der Waals surface area (Å²) < 4.78 is 39.5. The first-order valence-electron chi connectivity index (χ1n) is 10.9. The van der Waals surface area contributed by atoms with Crippen LogP contribution in [0.1, 0.15) is 26.7 Å². The SMILES string of the molecule is CC(C)OC(=O)N1CCC(Oc2cc(N(c3ccsc3)S(=O)(=O)c3ccccc3)ncn2)CC1. The Morgan fingerprint density at radius 3 is 2.53 bits per heavy atom. The largest absolute Gasteiger partial charge is 0.474 e. The van der Waals surface area contributed by atoms with Crippen LogP contribution in [0.15, 0.2) is 64.4 Å². The normalized spacial score (nSPS) is 14.7. The molecule has 1 aromatic carbocycles. The molecule has 1 aliphatic heterocycles. The molecule has 3 heterocycles. The van der Waals surface area contributed by atoms with Crippen molar-refractivity contribution in [3.63, 3.8) is 0 Å². The van der Waals surface area contributed by atoms with Gasteiger partial charge in [-0.3, -0.25) is 0 Å². The monoisotopic (exact) mass is 502 g/mol. The van der Waals surface area contributed by atoms with Crippen molar-refractivity contribution in [2.75, 3.05) is 17.4 Å². The lowest BCUT2D eigenvalue weighted by atomic mass is 10.1. The van der Waals surface area contributed by atoms with Crippen LogP contribution in [0.5, 0.6) is 5.88 Å². The molecule has 1 fully saturated rings. The van der Waals surface area contributed by atoms with Gasteiger partial charge < -0.3 is 14.4 Å². The van der Waals surface area contributed by atoms with E-state index in [0.29, 0.717) is 31.6 Å². The first-order chi connectivity index (χ1) is 16.3. The first-order valence-corrected chi connectivity index (χ1v) is 13.3. The van der Waals surface area contributed by atoms with Crippen molar-refractivity contribution in [1.29, 1.82) is 0 Å². The average Bonchev–Trinajstić information content (AvgIpc) is 3.34. The van der Waals surface area contributed by atoms with Gasteiger partial charge in [0.1, 0.15) is 12.4 Å². The van der Waals surface area contributed by atoms with Gasteiger partial charge in [0.25, 0.3) is 10.0 Å². The van der Waals surface area contributed by atoms with E-state index in [4.69, 9.17) is 9.47 Å². The number of likely N-dealkylation sites (tertiary alicyclic amines) is 1. The highest BCUT2D eigenvalue weighted by Crippen LogP contribution is 2.33. The van der Waals surface area contributed by atoms with Gasteiger partial charge in [-0.05, 0) is 37.4 Å². The third-order valence-electron chi connectivity index (χ3n) is 5.18. The Morgan fingerprint density at radius 1 is 1.15 bits per heavy atom. The van der Waals surface area contributed by atoms with Crippen molar-refractivity contribution in [2.24, 2.45) is 0 Å². The molecule has 2 aromatic heterocycles. The minimum Gasteiger partial charge on any atom is -0.474 e. The molecule has 180 valence electrons. The molecule has 0 bridgehead atoms. The van der Waals surface area contributed by atoms with Gasteiger partial charge in [0, 0.05) is 37.4 Å². The molecule has 0 aliphatic carbocycles. The predicted octanol–water partition coefficient (Wildman–Crippen LogP) is 4.45. The molecule has 0 spiro atoms. The third-order valence-corrected chi connectivity index (χ3v) is 7.60. The highest BCUT2D eigenvalue weighted by Gasteiger charge is 2.30. The van der Waals surface area contributed by atoms with Crippen molar-refractivity contribution in [3.05, 3.63) is 59.6 Å². The van der Waals surface area contributed by atoms with Crippen molar-refractivity contribution in [3.8, 4) is 5.88 Å². The van der Waals surface area contributed by atoms with Crippen LogP contribution in [-0.4, -0.2) is 54.7 Å². The summed E-state index contributed by atoms with van der Waals surface area (Å²) in [5.74, 6) is 0.460. The molecule has 1 amide bonds. The quantitative estimate of drug-likeness (QED) is 0.470. The Morgan fingerprint density at radius 2 is 1.88 bits per heavy atom. The molecule has 9 nitrogen and oxygen atoms in total. The van der Waals surface area contributed by atoms with E-state index >= 15 is 0 Å². The maximum absolute atomic E-state index is 13.5. The lowest BCUT2D eigenvalue weighted by Crippen LogP contribution is -2.42. The van der Waals surface area contributed by atoms with Gasteiger partial charge in [0.2, 0.25) is 5.88 Å². The van der Waals surface area contributed by atoms with E-state index in [9.17, 15) is 13.2 Å². The Bertz CT molecular complexity index is 1200. The second-order valence-corrected chi connectivity index (χ2v) is 10.6. The van der Waals surface area contributed by atoms with E-state index in [1.165, 1.54) is 28.0 Å². The van der Waals surface area contributed by atoms with E-state index in [2.05, 4.69) is 9.97 Å². The lowest BCUT2D eigenvalue weighted by Gasteiger charge is -2.31. The number of amides is 1. The molecule has 1 aliphatic rings. The van der Waals surface area contributed by atoms with Crippen LogP contribution in [0.4, 0.5) is 16.3 Å². The summed E-state index contributed by atoms with van der Waals surface area (Å²) in [6.07, 6.45) is 1.87. The number of thiophene rings is 1. The maximum atomic E-state index is 13.5. The molecule has 1 saturated heterocycles. The zero-order valence-corrected chi connectivity index (χ0v) is 20.5. The second kappa shape index (κ2) is 10.4. The highest BCUT2D eigenvalue weighted by molar-refractivity contribution is 7.93. The van der Waals surface area contributed by atoms with Crippen LogP contribution in [-0.2, 0) is 14.8 Å². The number of carbonyl (C=O) groups excluding carboxylic acids is 1. The molecular weight excluding hydrogens is 476 g/mol. The summed E-state index contributed by atoms with van der Waals surface area (Å²) in [4.78, 5) is 22.3. The number of aromatic nitrogens is 2. The van der Waals surface area contributed by atoms with Gasteiger partial charge in [-0.2, -0.15) is 11.3 Å². The number of carbonyl (C=O) groups is 1. The number of nitrogens with zero attached hydrogens (tertiary/aromatic N) is 4. The molecule has 0 radical (unpaired) electrons. The van der Waals surface area contributed by atoms with Gasteiger partial charge in [0.05, 0.1) is 16.7 Å². The fourth-order valence-corrected chi connectivity index (χ4v) is 5.71. The molecule has 34 heavy (non-hydrogen) atoms. The minimum atomic E-state index is -3.92.